The van der Waals surface area contributed by atoms with E-state index in [0.29, 0.717) is 16.8 Å². The van der Waals surface area contributed by atoms with Gasteiger partial charge in [0, 0.05) is 0 Å². The molecular weight excluding hydrogens is 287 g/mol. The molecule has 98 valence electrons. The van der Waals surface area contributed by atoms with E-state index in [1.54, 1.807) is 13.8 Å². The summed E-state index contributed by atoms with van der Waals surface area (Å²) in [6, 6.07) is 2.63. The Morgan fingerprint density at radius 1 is 1.33 bits per heavy atom. The Morgan fingerprint density at radius 2 is 1.83 bits per heavy atom. The summed E-state index contributed by atoms with van der Waals surface area (Å²) in [7, 11) is 0. The zero-order valence-corrected chi connectivity index (χ0v) is 11.0. The highest BCUT2D eigenvalue weighted by Crippen LogP contribution is 2.34. The fraction of sp³-hybridized carbons (Fsp3) is 0.364. The molecule has 0 atom stereocenters. The molecule has 0 saturated heterocycles. The molecule has 0 radical (unpaired) electrons. The lowest BCUT2D eigenvalue weighted by atomic mass is 10.1. The van der Waals surface area contributed by atoms with Gasteiger partial charge >= 0.3 is 6.11 Å². The van der Waals surface area contributed by atoms with Gasteiger partial charge in [0.25, 0.3) is 0 Å². The Labute approximate surface area is 112 Å². The van der Waals surface area contributed by atoms with Crippen molar-refractivity contribution < 1.29 is 18.3 Å². The third kappa shape index (κ3) is 3.42. The molecular formula is C11H9Cl2F2NO2. The van der Waals surface area contributed by atoms with E-state index in [1.807, 2.05) is 0 Å². The summed E-state index contributed by atoms with van der Waals surface area (Å²) in [5.41, 5.74) is 1.38. The Bertz CT molecular complexity index is 477. The van der Waals surface area contributed by atoms with Gasteiger partial charge in [-0.3, -0.25) is 0 Å². The van der Waals surface area contributed by atoms with Gasteiger partial charge in [-0.05, 0) is 37.1 Å². The summed E-state index contributed by atoms with van der Waals surface area (Å²) in [6.45, 7) is 3.21. The molecule has 0 aliphatic rings. The third-order valence-corrected chi connectivity index (χ3v) is 2.64. The van der Waals surface area contributed by atoms with Crippen LogP contribution in [0.4, 0.5) is 14.5 Å². The molecule has 0 aliphatic carbocycles. The molecule has 1 rings (SSSR count). The molecule has 3 nitrogen and oxygen atoms in total. The number of rotatable bonds is 4. The first-order chi connectivity index (χ1) is 8.27. The van der Waals surface area contributed by atoms with Crippen molar-refractivity contribution in [2.45, 2.75) is 24.8 Å². The van der Waals surface area contributed by atoms with Gasteiger partial charge in [-0.1, -0.05) is 23.2 Å². The number of isocyanates is 1. The first kappa shape index (κ1) is 14.9. The lowest BCUT2D eigenvalue weighted by molar-refractivity contribution is -0.163. The Kier molecular flexibility index (Phi) is 4.68. The number of hydrogen-bond donors (Lipinski definition) is 0. The van der Waals surface area contributed by atoms with E-state index in [4.69, 9.17) is 23.2 Å². The summed E-state index contributed by atoms with van der Waals surface area (Å²) in [6.07, 6.45) is -2.30. The minimum atomic E-state index is -3.70. The van der Waals surface area contributed by atoms with Crippen molar-refractivity contribution in [1.82, 2.24) is 0 Å². The van der Waals surface area contributed by atoms with E-state index in [0.717, 1.165) is 0 Å². The second-order valence-corrected chi connectivity index (χ2v) is 4.67. The maximum absolute atomic E-state index is 13.2. The average molecular weight is 296 g/mol. The predicted octanol–water partition coefficient (Wildman–Crippen LogP) is 4.05. The molecule has 0 spiro atoms. The summed E-state index contributed by atoms with van der Waals surface area (Å²) in [5, 5.41) is 0. The number of alkyl halides is 4. The topological polar surface area (TPSA) is 38.7 Å². The number of halogens is 4. The maximum Gasteiger partial charge on any atom is 0.428 e. The van der Waals surface area contributed by atoms with Crippen molar-refractivity contribution >= 4 is 35.0 Å². The lowest BCUT2D eigenvalue weighted by Crippen LogP contribution is -2.32. The maximum atomic E-state index is 13.2. The molecule has 0 unspecified atom stereocenters. The number of nitrogens with zero attached hydrogens (tertiary/aromatic N) is 1. The van der Waals surface area contributed by atoms with Gasteiger partial charge in [0.05, 0.1) is 5.69 Å². The molecule has 7 heteroatoms. The molecule has 0 heterocycles. The van der Waals surface area contributed by atoms with Crippen LogP contribution in [-0.4, -0.2) is 17.0 Å². The Hall–Kier alpha value is -1.16. The number of aryl methyl sites for hydroxylation is 2. The highest BCUT2D eigenvalue weighted by molar-refractivity contribution is 6.44. The highest BCUT2D eigenvalue weighted by atomic mass is 35.5. The summed E-state index contributed by atoms with van der Waals surface area (Å²) in [5.74, 6) is -0.105. The third-order valence-electron chi connectivity index (χ3n) is 2.13. The van der Waals surface area contributed by atoms with Crippen LogP contribution in [0, 0.1) is 13.8 Å². The van der Waals surface area contributed by atoms with Crippen molar-refractivity contribution in [3.63, 3.8) is 0 Å². The van der Waals surface area contributed by atoms with Gasteiger partial charge in [0.2, 0.25) is 10.9 Å². The van der Waals surface area contributed by atoms with Crippen molar-refractivity contribution in [2.75, 3.05) is 0 Å². The minimum absolute atomic E-state index is 0.105. The summed E-state index contributed by atoms with van der Waals surface area (Å²) < 4.78 is 30.8. The summed E-state index contributed by atoms with van der Waals surface area (Å²) >= 11 is 10.2. The van der Waals surface area contributed by atoms with Crippen LogP contribution in [0.3, 0.4) is 0 Å². The zero-order valence-electron chi connectivity index (χ0n) is 9.51. The van der Waals surface area contributed by atoms with Crippen LogP contribution >= 0.6 is 23.2 Å². The fourth-order valence-corrected chi connectivity index (χ4v) is 1.49. The number of hydrogen-bond acceptors (Lipinski definition) is 3. The number of aliphatic imine (C=N–C) groups is 1. The van der Waals surface area contributed by atoms with Crippen LogP contribution in [-0.2, 0) is 4.79 Å². The Morgan fingerprint density at radius 3 is 2.22 bits per heavy atom. The average Bonchev–Trinajstić information content (AvgIpc) is 2.22. The van der Waals surface area contributed by atoms with E-state index in [2.05, 4.69) is 9.73 Å². The molecule has 1 aromatic carbocycles. The molecule has 0 saturated carbocycles. The van der Waals surface area contributed by atoms with Crippen LogP contribution in [0.25, 0.3) is 0 Å². The van der Waals surface area contributed by atoms with Gasteiger partial charge in [-0.15, -0.1) is 0 Å². The minimum Gasteiger partial charge on any atom is -0.431 e. The smallest absolute Gasteiger partial charge is 0.428 e. The van der Waals surface area contributed by atoms with Gasteiger partial charge in [0.1, 0.15) is 5.75 Å². The molecule has 0 N–H and O–H groups in total. The van der Waals surface area contributed by atoms with Gasteiger partial charge < -0.3 is 4.74 Å². The number of carbonyl (C=O) groups excluding carboxylic acids is 1. The summed E-state index contributed by atoms with van der Waals surface area (Å²) in [4.78, 5) is 11.7. The van der Waals surface area contributed by atoms with Crippen molar-refractivity contribution in [3.8, 4) is 5.75 Å². The number of ether oxygens (including phenoxy) is 1. The molecule has 0 amide bonds. The van der Waals surface area contributed by atoms with E-state index in [1.165, 1.54) is 18.2 Å². The quantitative estimate of drug-likeness (QED) is 0.477. The monoisotopic (exact) mass is 295 g/mol. The van der Waals surface area contributed by atoms with Gasteiger partial charge in [-0.2, -0.15) is 13.8 Å². The molecule has 0 bridgehead atoms. The van der Waals surface area contributed by atoms with Crippen molar-refractivity contribution in [3.05, 3.63) is 23.3 Å². The van der Waals surface area contributed by atoms with Crippen LogP contribution in [0.5, 0.6) is 5.75 Å². The van der Waals surface area contributed by atoms with Crippen LogP contribution < -0.4 is 4.74 Å². The van der Waals surface area contributed by atoms with E-state index in [-0.39, 0.29) is 5.75 Å². The van der Waals surface area contributed by atoms with Crippen LogP contribution in [0.2, 0.25) is 0 Å². The van der Waals surface area contributed by atoms with E-state index >= 15 is 0 Å². The fourth-order valence-electron chi connectivity index (χ4n) is 1.40. The largest absolute Gasteiger partial charge is 0.431 e. The standard InChI is InChI=1S/C11H9Cl2F2NO2/c1-6-3-8(18-11(14,15)10(12)13)4-7(2)9(6)16-5-17/h3-4,10H,1-2H3. The Balaban J connectivity index is 3.11. The zero-order chi connectivity index (χ0) is 13.9. The first-order valence-electron chi connectivity index (χ1n) is 4.82. The molecule has 0 fully saturated rings. The predicted molar refractivity (Wildman–Crippen MR) is 64.8 cm³/mol. The second kappa shape index (κ2) is 5.65. The first-order valence-corrected chi connectivity index (χ1v) is 5.69. The lowest BCUT2D eigenvalue weighted by Gasteiger charge is -2.19. The van der Waals surface area contributed by atoms with Crippen molar-refractivity contribution in [1.29, 1.82) is 0 Å². The van der Waals surface area contributed by atoms with Gasteiger partial charge in [-0.25, -0.2) is 4.79 Å². The molecule has 0 aromatic heterocycles. The van der Waals surface area contributed by atoms with Crippen molar-refractivity contribution in [2.24, 2.45) is 4.99 Å². The van der Waals surface area contributed by atoms with E-state index < -0.39 is 10.9 Å². The van der Waals surface area contributed by atoms with Crippen LogP contribution in [0.15, 0.2) is 17.1 Å². The molecule has 1 aromatic rings. The molecule has 18 heavy (non-hydrogen) atoms. The second-order valence-electron chi connectivity index (χ2n) is 3.57. The van der Waals surface area contributed by atoms with Crippen LogP contribution in [0.1, 0.15) is 11.1 Å². The SMILES string of the molecule is Cc1cc(OC(F)(F)C(Cl)Cl)cc(C)c1N=C=O. The van der Waals surface area contributed by atoms with Gasteiger partial charge in [0.15, 0.2) is 0 Å². The highest BCUT2D eigenvalue weighted by Gasteiger charge is 2.40. The van der Waals surface area contributed by atoms with E-state index in [9.17, 15) is 13.6 Å². The molecule has 0 aliphatic heterocycles. The normalized spacial score (nSPS) is 11.3. The number of benzene rings is 1.